The van der Waals surface area contributed by atoms with Crippen molar-refractivity contribution < 1.29 is 125 Å². The van der Waals surface area contributed by atoms with Gasteiger partial charge in [-0.1, -0.05) is 0 Å². The number of piperidine rings is 4. The summed E-state index contributed by atoms with van der Waals surface area (Å²) in [6.45, 7) is 9.41. The molecule has 4 aliphatic rings. The van der Waals surface area contributed by atoms with Crippen molar-refractivity contribution in [3.8, 4) is 0 Å². The summed E-state index contributed by atoms with van der Waals surface area (Å²) in [4.78, 5) is 58.2. The summed E-state index contributed by atoms with van der Waals surface area (Å²) in [6, 6.07) is 0. The zero-order chi connectivity index (χ0) is 53.4. The van der Waals surface area contributed by atoms with Gasteiger partial charge in [-0.05, 0) is 129 Å². The number of carbonyl (C=O) groups is 5. The first kappa shape index (κ1) is 79.2. The van der Waals surface area contributed by atoms with Gasteiger partial charge < -0.3 is 50.3 Å². The van der Waals surface area contributed by atoms with Crippen LogP contribution in [0.4, 0.5) is 52.7 Å². The van der Waals surface area contributed by atoms with Crippen molar-refractivity contribution >= 4 is 71.6 Å². The summed E-state index contributed by atoms with van der Waals surface area (Å²) in [7, 11) is 7.36. The zero-order valence-corrected chi connectivity index (χ0v) is 43.2. The minimum atomic E-state index is -4.32. The van der Waals surface area contributed by atoms with Crippen LogP contribution < -0.4 is 24.2 Å². The quantitative estimate of drug-likeness (QED) is 0.0806. The number of halogens is 15. The van der Waals surface area contributed by atoms with E-state index in [1.165, 1.54) is 0 Å². The molecule has 0 aromatic heterocycles. The predicted molar refractivity (Wildman–Crippen MR) is 239 cm³/mol. The van der Waals surface area contributed by atoms with Crippen LogP contribution in [-0.4, -0.2) is 174 Å². The Morgan fingerprint density at radius 2 is 0.875 bits per heavy atom. The molecule has 0 aliphatic carbocycles. The second-order valence-corrected chi connectivity index (χ2v) is 18.7. The molecule has 0 bridgehead atoms. The number of hydrogen-bond donors (Lipinski definition) is 2. The average Bonchev–Trinajstić information content (AvgIpc) is 3.25. The van der Waals surface area contributed by atoms with Crippen molar-refractivity contribution in [3.63, 3.8) is 0 Å². The maximum absolute atomic E-state index is 12.0. The van der Waals surface area contributed by atoms with Crippen LogP contribution in [0.3, 0.4) is 0 Å². The van der Waals surface area contributed by atoms with E-state index in [4.69, 9.17) is 35.2 Å². The Morgan fingerprint density at radius 3 is 1.10 bits per heavy atom. The van der Waals surface area contributed by atoms with Crippen molar-refractivity contribution in [2.45, 2.75) is 116 Å². The molecule has 0 atom stereocenters. The molecule has 0 amide bonds. The van der Waals surface area contributed by atoms with Gasteiger partial charge in [0, 0.05) is 46.9 Å². The average molecular weight is 1150 g/mol. The van der Waals surface area contributed by atoms with Crippen molar-refractivity contribution in [2.24, 2.45) is 23.7 Å². The third-order valence-electron chi connectivity index (χ3n) is 10.5. The molecular weight excluding hydrogens is 1090 g/mol. The van der Waals surface area contributed by atoms with Gasteiger partial charge in [-0.15, -0.1) is 0 Å². The Labute approximate surface area is 439 Å². The predicted octanol–water partition coefficient (Wildman–Crippen LogP) is 5.10. The van der Waals surface area contributed by atoms with Gasteiger partial charge in [0.15, 0.2) is 0 Å². The number of carboxylic acid groups (broad SMARTS) is 1. The maximum Gasteiger partial charge on any atom is 1.00 e. The first-order chi connectivity index (χ1) is 31.8. The van der Waals surface area contributed by atoms with Crippen LogP contribution in [0.15, 0.2) is 0 Å². The molecule has 5 N–H and O–H groups in total. The van der Waals surface area contributed by atoms with Gasteiger partial charge in [0.25, 0.3) is 0 Å². The normalized spacial score (nSPS) is 17.7. The van der Waals surface area contributed by atoms with E-state index < -0.39 is 65.6 Å². The van der Waals surface area contributed by atoms with E-state index in [0.717, 1.165) is 25.9 Å². The number of aldehydes is 1. The van der Waals surface area contributed by atoms with Gasteiger partial charge in [-0.25, -0.2) is 4.21 Å². The second-order valence-electron chi connectivity index (χ2n) is 15.8. The number of aliphatic carboxylic acids is 1. The molecule has 4 rings (SSSR count). The fourth-order valence-corrected chi connectivity index (χ4v) is 6.92. The molecular formula is C40H66Cl3F12LiN4O11S. The molecule has 0 unspecified atom stereocenters. The van der Waals surface area contributed by atoms with Gasteiger partial charge in [-0.3, -0.25) is 19.2 Å². The Bertz CT molecular complexity index is 1420. The van der Waals surface area contributed by atoms with E-state index in [2.05, 4.69) is 26.7 Å². The fraction of sp³-hybridized carbons (Fsp3) is 0.875. The van der Waals surface area contributed by atoms with Crippen LogP contribution >= 0.6 is 33.0 Å². The van der Waals surface area contributed by atoms with Gasteiger partial charge in [-0.2, -0.15) is 52.7 Å². The number of carbonyl (C=O) groups excluding carboxylic acids is 4. The molecule has 4 heterocycles. The summed E-state index contributed by atoms with van der Waals surface area (Å²) < 4.78 is 159. The van der Waals surface area contributed by atoms with Crippen LogP contribution in [0.2, 0.25) is 0 Å². The first-order valence-electron chi connectivity index (χ1n) is 21.9. The van der Waals surface area contributed by atoms with Gasteiger partial charge in [0.1, 0.15) is 6.29 Å². The molecule has 4 fully saturated rings. The van der Waals surface area contributed by atoms with E-state index in [9.17, 15) is 71.9 Å². The number of carboxylic acids is 1. The van der Waals surface area contributed by atoms with E-state index >= 15 is 0 Å². The summed E-state index contributed by atoms with van der Waals surface area (Å²) in [5.41, 5.74) is 0. The smallest absolute Gasteiger partial charge is 0.870 e. The SMILES string of the molecule is CCOC(=O)C1CCN(CCC(F)(F)F)CC1.CCOC(=O)C1CCNCC1.O.O=C(Cl)C1CCN(CCC(F)(F)F)CC1.O=C(O)C1CCN(CCC(F)(F)F)CC1.O=CCC(F)(F)F.O=S(Cl)Cl.[Li+].[OH-]. The molecule has 32 heteroatoms. The fourth-order valence-electron chi connectivity index (χ4n) is 6.71. The Morgan fingerprint density at radius 1 is 0.597 bits per heavy atom. The Hall–Kier alpha value is -1.71. The number of hydrogen-bond acceptors (Lipinski definition) is 13. The van der Waals surface area contributed by atoms with Crippen molar-refractivity contribution in [3.05, 3.63) is 0 Å². The topological polar surface area (TPSA) is 224 Å². The summed E-state index contributed by atoms with van der Waals surface area (Å²) in [5.74, 6) is -1.63. The standard InChI is InChI=1S/C11H18F3NO2.C9H13ClF3NO.C9H14F3NO2.C8H15NO2.C3H3F3O.Cl2OS.Li.2H2O/c1-2-17-10(16)9-3-6-15(7-4-9)8-5-11(12,13)14;10-8(15)7-1-4-14(5-2-7)6-3-9(11,12)13;10-9(11,12)3-6-13-4-1-7(2-5-13)8(14)15;1-2-11-8(10)7-3-5-9-6-4-7;4-3(5,6)1-2-7;1-4(2)3;;;/h9H,2-8H2,1H3;7H,1-6H2;7H,1-6H2,(H,14,15);7,9H,2-6H2,1H3;2H,1H2;;;2*1H2/q;;;;;;+1;;/p-1. The number of alkyl halides is 12. The number of nitrogens with zero attached hydrogens (tertiary/aromatic N) is 3. The first-order valence-corrected chi connectivity index (χ1v) is 25.1. The molecule has 72 heavy (non-hydrogen) atoms. The minimum absolute atomic E-state index is 0. The third-order valence-corrected chi connectivity index (χ3v) is 10.8. The largest absolute Gasteiger partial charge is 1.00 e. The molecule has 0 aromatic rings. The molecule has 0 aromatic carbocycles. The number of ether oxygens (including phenoxy) is 2. The van der Waals surface area contributed by atoms with Crippen LogP contribution in [0, 0.1) is 23.7 Å². The van der Waals surface area contributed by atoms with Crippen LogP contribution in [0.25, 0.3) is 0 Å². The summed E-state index contributed by atoms with van der Waals surface area (Å²) >= 11 is 5.32. The second kappa shape index (κ2) is 42.4. The number of rotatable bonds is 13. The van der Waals surface area contributed by atoms with E-state index in [-0.39, 0.29) is 96.6 Å². The van der Waals surface area contributed by atoms with E-state index in [0.29, 0.717) is 91.0 Å². The maximum atomic E-state index is 12.0. The molecule has 0 saturated carbocycles. The molecule has 4 aliphatic heterocycles. The van der Waals surface area contributed by atoms with Crippen LogP contribution in [0.1, 0.15) is 90.9 Å². The zero-order valence-electron chi connectivity index (χ0n) is 40.1. The van der Waals surface area contributed by atoms with Crippen LogP contribution in [0.5, 0.6) is 0 Å². The van der Waals surface area contributed by atoms with Gasteiger partial charge in [0.05, 0.1) is 56.7 Å². The van der Waals surface area contributed by atoms with Crippen molar-refractivity contribution in [1.82, 2.24) is 20.0 Å². The van der Waals surface area contributed by atoms with Gasteiger partial charge >= 0.3 is 61.5 Å². The Kier molecular flexibility index (Phi) is 46.6. The molecule has 0 radical (unpaired) electrons. The van der Waals surface area contributed by atoms with Crippen LogP contribution in [-0.2, 0) is 42.7 Å². The Balaban J connectivity index is -0.000000257. The molecule has 4 saturated heterocycles. The van der Waals surface area contributed by atoms with Gasteiger partial charge in [0.2, 0.25) is 14.5 Å². The van der Waals surface area contributed by atoms with E-state index in [1.54, 1.807) is 21.6 Å². The summed E-state index contributed by atoms with van der Waals surface area (Å²) in [5, 5.41) is 11.5. The van der Waals surface area contributed by atoms with E-state index in [1.807, 2.05) is 6.92 Å². The summed E-state index contributed by atoms with van der Waals surface area (Å²) in [6.07, 6.45) is -15.4. The molecule has 15 nitrogen and oxygen atoms in total. The molecule has 0 spiro atoms. The monoisotopic (exact) mass is 1150 g/mol. The molecule has 424 valence electrons. The number of likely N-dealkylation sites (tertiary alicyclic amines) is 3. The van der Waals surface area contributed by atoms with Crippen molar-refractivity contribution in [2.75, 3.05) is 85.2 Å². The third kappa shape index (κ3) is 48.0. The van der Waals surface area contributed by atoms with Crippen molar-refractivity contribution in [1.29, 1.82) is 0 Å². The number of esters is 2. The number of nitrogens with one attached hydrogen (secondary N) is 1. The minimum Gasteiger partial charge on any atom is -0.870 e.